The van der Waals surface area contributed by atoms with Gasteiger partial charge in [0, 0.05) is 36.5 Å². The molecule has 0 aliphatic carbocycles. The molecule has 0 radical (unpaired) electrons. The third-order valence-corrected chi connectivity index (χ3v) is 7.58. The molecule has 0 atom stereocenters. The van der Waals surface area contributed by atoms with Crippen molar-refractivity contribution in [3.63, 3.8) is 0 Å². The first-order chi connectivity index (χ1) is 13.6. The molecule has 0 saturated carbocycles. The van der Waals surface area contributed by atoms with Gasteiger partial charge in [-0.1, -0.05) is 18.2 Å². The van der Waals surface area contributed by atoms with E-state index in [9.17, 15) is 23.1 Å². The third-order valence-electron chi connectivity index (χ3n) is 5.58. The van der Waals surface area contributed by atoms with Crippen LogP contribution in [0, 0.1) is 13.8 Å². The summed E-state index contributed by atoms with van der Waals surface area (Å²) < 4.78 is 29.4. The monoisotopic (exact) mass is 418 g/mol. The summed E-state index contributed by atoms with van der Waals surface area (Å²) in [4.78, 5) is 23.8. The van der Waals surface area contributed by atoms with E-state index in [0.717, 1.165) is 12.8 Å². The van der Waals surface area contributed by atoms with E-state index in [1.807, 2.05) is 0 Å². The maximum atomic E-state index is 13.1. The Morgan fingerprint density at radius 1 is 1.07 bits per heavy atom. The van der Waals surface area contributed by atoms with Crippen molar-refractivity contribution in [1.82, 2.24) is 8.87 Å². The van der Waals surface area contributed by atoms with E-state index >= 15 is 0 Å². The van der Waals surface area contributed by atoms with Gasteiger partial charge in [0.1, 0.15) is 6.54 Å². The van der Waals surface area contributed by atoms with Crippen molar-refractivity contribution in [3.05, 3.63) is 52.3 Å². The van der Waals surface area contributed by atoms with Crippen LogP contribution >= 0.6 is 0 Å². The lowest BCUT2D eigenvalue weighted by Crippen LogP contribution is -2.28. The molecule has 7 nitrogen and oxygen atoms in total. The van der Waals surface area contributed by atoms with Crippen LogP contribution in [0.4, 0.5) is 0 Å². The van der Waals surface area contributed by atoms with Gasteiger partial charge in [0.25, 0.3) is 0 Å². The van der Waals surface area contributed by atoms with E-state index in [2.05, 4.69) is 0 Å². The Morgan fingerprint density at radius 2 is 1.69 bits per heavy atom. The number of rotatable bonds is 7. The molecule has 1 aromatic carbocycles. The second-order valence-corrected chi connectivity index (χ2v) is 9.36. The fraction of sp³-hybridized carbons (Fsp3) is 0.429. The molecule has 3 rings (SSSR count). The lowest BCUT2D eigenvalue weighted by Gasteiger charge is -2.18. The number of carbonyl (C=O) groups is 2. The van der Waals surface area contributed by atoms with Crippen LogP contribution in [0.5, 0.6) is 0 Å². The number of aromatic nitrogens is 1. The van der Waals surface area contributed by atoms with Crippen LogP contribution in [0.15, 0.2) is 29.2 Å². The molecule has 1 aromatic heterocycles. The fourth-order valence-corrected chi connectivity index (χ4v) is 5.90. The summed E-state index contributed by atoms with van der Waals surface area (Å²) >= 11 is 0. The Kier molecular flexibility index (Phi) is 5.95. The molecule has 156 valence electrons. The van der Waals surface area contributed by atoms with Gasteiger partial charge in [0.05, 0.1) is 4.90 Å². The Balaban J connectivity index is 2.10. The number of hydrogen-bond donors (Lipinski definition) is 1. The average molecular weight is 419 g/mol. The summed E-state index contributed by atoms with van der Waals surface area (Å²) in [5.74, 6) is -1.16. The maximum absolute atomic E-state index is 13.1. The van der Waals surface area contributed by atoms with Gasteiger partial charge >= 0.3 is 5.97 Å². The quantitative estimate of drug-likeness (QED) is 0.698. The summed E-state index contributed by atoms with van der Waals surface area (Å²) in [7, 11) is -3.61. The maximum Gasteiger partial charge on any atom is 0.323 e. The van der Waals surface area contributed by atoms with Crippen LogP contribution < -0.4 is 0 Å². The highest BCUT2D eigenvalue weighted by molar-refractivity contribution is 7.89. The zero-order valence-corrected chi connectivity index (χ0v) is 17.8. The third kappa shape index (κ3) is 4.00. The topological polar surface area (TPSA) is 96.7 Å². The normalized spacial score (nSPS) is 15.0. The fourth-order valence-electron chi connectivity index (χ4n) is 4.16. The largest absolute Gasteiger partial charge is 0.480 e. The van der Waals surface area contributed by atoms with Gasteiger partial charge in [-0.25, -0.2) is 8.42 Å². The SMILES string of the molecule is CC(=O)c1c(Cc2ccccc2S(=O)(=O)N2CCCC2)c(C)n(CC(=O)O)c1C. The number of sulfonamides is 1. The molecule has 0 amide bonds. The van der Waals surface area contributed by atoms with Gasteiger partial charge in [-0.05, 0) is 50.8 Å². The molecule has 0 unspecified atom stereocenters. The highest BCUT2D eigenvalue weighted by Crippen LogP contribution is 2.30. The van der Waals surface area contributed by atoms with E-state index in [0.29, 0.717) is 41.2 Å². The molecule has 1 N–H and O–H groups in total. The van der Waals surface area contributed by atoms with Crippen molar-refractivity contribution in [2.75, 3.05) is 13.1 Å². The highest BCUT2D eigenvalue weighted by Gasteiger charge is 2.30. The van der Waals surface area contributed by atoms with E-state index in [1.165, 1.54) is 11.2 Å². The van der Waals surface area contributed by atoms with Crippen LogP contribution in [0.25, 0.3) is 0 Å². The number of benzene rings is 1. The number of carboxylic acid groups (broad SMARTS) is 1. The van der Waals surface area contributed by atoms with Gasteiger partial charge < -0.3 is 9.67 Å². The summed E-state index contributed by atoms with van der Waals surface area (Å²) in [6.45, 7) is 5.73. The van der Waals surface area contributed by atoms with E-state index in [1.54, 1.807) is 42.7 Å². The summed E-state index contributed by atoms with van der Waals surface area (Å²) in [6, 6.07) is 6.84. The molecule has 29 heavy (non-hydrogen) atoms. The second kappa shape index (κ2) is 8.12. The summed E-state index contributed by atoms with van der Waals surface area (Å²) in [6.07, 6.45) is 1.95. The Bertz CT molecular complexity index is 1060. The molecule has 2 heterocycles. The van der Waals surface area contributed by atoms with E-state index < -0.39 is 16.0 Å². The Hall–Kier alpha value is -2.45. The average Bonchev–Trinajstić information content (AvgIpc) is 3.26. The standard InChI is InChI=1S/C21H26N2O5S/c1-14-18(21(16(3)24)15(2)23(14)13-20(25)26)12-17-8-4-5-9-19(17)29(27,28)22-10-6-7-11-22/h4-5,8-9H,6-7,10-13H2,1-3H3,(H,25,26). The van der Waals surface area contributed by atoms with Crippen LogP contribution in [0.1, 0.15) is 52.6 Å². The Labute approximate surface area is 171 Å². The number of nitrogens with zero attached hydrogens (tertiary/aromatic N) is 2. The molecule has 1 fully saturated rings. The zero-order valence-electron chi connectivity index (χ0n) is 16.9. The van der Waals surface area contributed by atoms with Crippen LogP contribution in [0.3, 0.4) is 0 Å². The molecule has 2 aromatic rings. The second-order valence-electron chi connectivity index (χ2n) is 7.46. The summed E-state index contributed by atoms with van der Waals surface area (Å²) in [5, 5.41) is 9.23. The van der Waals surface area contributed by atoms with Crippen LogP contribution in [-0.4, -0.2) is 47.2 Å². The predicted octanol–water partition coefficient (Wildman–Crippen LogP) is 2.77. The van der Waals surface area contributed by atoms with Crippen LogP contribution in [0.2, 0.25) is 0 Å². The zero-order chi connectivity index (χ0) is 21.3. The van der Waals surface area contributed by atoms with Crippen molar-refractivity contribution in [1.29, 1.82) is 0 Å². The van der Waals surface area contributed by atoms with E-state index in [-0.39, 0.29) is 23.6 Å². The number of hydrogen-bond acceptors (Lipinski definition) is 4. The predicted molar refractivity (Wildman–Crippen MR) is 109 cm³/mol. The lowest BCUT2D eigenvalue weighted by atomic mass is 9.98. The molecular formula is C21H26N2O5S. The van der Waals surface area contributed by atoms with Gasteiger partial charge in [-0.2, -0.15) is 4.31 Å². The highest BCUT2D eigenvalue weighted by atomic mass is 32.2. The number of aliphatic carboxylic acids is 1. The smallest absolute Gasteiger partial charge is 0.323 e. The van der Waals surface area contributed by atoms with Crippen molar-refractivity contribution in [2.24, 2.45) is 0 Å². The first-order valence-corrected chi connectivity index (χ1v) is 11.1. The minimum absolute atomic E-state index is 0.162. The summed E-state index contributed by atoms with van der Waals surface area (Å²) in [5.41, 5.74) is 3.02. The molecular weight excluding hydrogens is 392 g/mol. The number of ketones is 1. The van der Waals surface area contributed by atoms with Crippen LogP contribution in [-0.2, 0) is 27.8 Å². The lowest BCUT2D eigenvalue weighted by molar-refractivity contribution is -0.137. The molecule has 0 bridgehead atoms. The Morgan fingerprint density at radius 3 is 2.28 bits per heavy atom. The molecule has 1 saturated heterocycles. The molecule has 8 heteroatoms. The molecule has 0 spiro atoms. The van der Waals surface area contributed by atoms with Crippen molar-refractivity contribution < 1.29 is 23.1 Å². The number of Topliss-reactive ketones (excluding diaryl/α,β-unsaturated/α-hetero) is 1. The van der Waals surface area contributed by atoms with Crippen molar-refractivity contribution in [3.8, 4) is 0 Å². The minimum atomic E-state index is -3.61. The van der Waals surface area contributed by atoms with Gasteiger partial charge in [-0.15, -0.1) is 0 Å². The van der Waals surface area contributed by atoms with Gasteiger partial charge in [0.2, 0.25) is 10.0 Å². The van der Waals surface area contributed by atoms with Crippen molar-refractivity contribution in [2.45, 2.75) is 51.5 Å². The minimum Gasteiger partial charge on any atom is -0.480 e. The first-order valence-electron chi connectivity index (χ1n) is 9.64. The molecule has 1 aliphatic heterocycles. The number of carbonyl (C=O) groups excluding carboxylic acids is 1. The van der Waals surface area contributed by atoms with E-state index in [4.69, 9.17) is 0 Å². The first kappa shape index (κ1) is 21.3. The van der Waals surface area contributed by atoms with Gasteiger partial charge in [0.15, 0.2) is 5.78 Å². The van der Waals surface area contributed by atoms with Gasteiger partial charge in [-0.3, -0.25) is 9.59 Å². The number of carboxylic acids is 1. The molecule has 1 aliphatic rings. The van der Waals surface area contributed by atoms with Crippen molar-refractivity contribution >= 4 is 21.8 Å².